The molecule has 2 aromatic carbocycles. The molecule has 0 saturated carbocycles. The van der Waals surface area contributed by atoms with Gasteiger partial charge >= 0.3 is 6.61 Å². The number of carbonyl (C=O) groups is 1. The molecule has 0 saturated heterocycles. The minimum absolute atomic E-state index is 0.0746. The Hall–Kier alpha value is -3.29. The highest BCUT2D eigenvalue weighted by Gasteiger charge is 2.10. The largest absolute Gasteiger partial charge is 0.493 e. The number of rotatable bonds is 11. The zero-order valence-corrected chi connectivity index (χ0v) is 17.1. The molecule has 0 radical (unpaired) electrons. The van der Waals surface area contributed by atoms with Crippen LogP contribution in [0.1, 0.15) is 24.5 Å². The smallest absolute Gasteiger partial charge is 0.387 e. The van der Waals surface area contributed by atoms with E-state index in [1.54, 1.807) is 25.3 Å². The molecule has 0 bridgehead atoms. The number of hydrogen-bond acceptors (Lipinski definition) is 5. The standard InChI is InChI=1S/C22H25F2NO5/c1-4-11-29-17-8-6-16(13-19(17)27-2)14-25-21(26)10-7-15-5-9-18(30-22(23)24)20(12-15)28-3/h5-10,12-13,22H,4,11,14H2,1-3H3,(H,25,26)/b10-7+. The molecule has 0 spiro atoms. The van der Waals surface area contributed by atoms with Crippen molar-refractivity contribution >= 4 is 12.0 Å². The second-order valence-electron chi connectivity index (χ2n) is 6.17. The third-order valence-electron chi connectivity index (χ3n) is 3.99. The topological polar surface area (TPSA) is 66.0 Å². The van der Waals surface area contributed by atoms with Gasteiger partial charge in [0.05, 0.1) is 20.8 Å². The summed E-state index contributed by atoms with van der Waals surface area (Å²) in [5.74, 6) is 1.02. The zero-order chi connectivity index (χ0) is 21.9. The lowest BCUT2D eigenvalue weighted by atomic mass is 10.1. The fourth-order valence-electron chi connectivity index (χ4n) is 2.55. The van der Waals surface area contributed by atoms with Crippen LogP contribution in [-0.4, -0.2) is 33.3 Å². The SMILES string of the molecule is CCCOc1ccc(CNC(=O)/C=C/c2ccc(OC(F)F)c(OC)c2)cc1OC. The molecular formula is C22H25F2NO5. The van der Waals surface area contributed by atoms with Crippen molar-refractivity contribution in [3.8, 4) is 23.0 Å². The molecule has 0 fully saturated rings. The van der Waals surface area contributed by atoms with Crippen LogP contribution in [0.5, 0.6) is 23.0 Å². The summed E-state index contributed by atoms with van der Waals surface area (Å²) in [6.45, 7) is -0.0297. The fraction of sp³-hybridized carbons (Fsp3) is 0.318. The number of hydrogen-bond donors (Lipinski definition) is 1. The van der Waals surface area contributed by atoms with Crippen LogP contribution >= 0.6 is 0 Å². The van der Waals surface area contributed by atoms with Crippen molar-refractivity contribution in [3.05, 3.63) is 53.6 Å². The quantitative estimate of drug-likeness (QED) is 0.544. The normalized spacial score (nSPS) is 10.9. The Kier molecular flexibility index (Phi) is 8.93. The third kappa shape index (κ3) is 6.95. The zero-order valence-electron chi connectivity index (χ0n) is 17.1. The van der Waals surface area contributed by atoms with Crippen LogP contribution in [0.3, 0.4) is 0 Å². The van der Waals surface area contributed by atoms with Gasteiger partial charge in [-0.3, -0.25) is 4.79 Å². The summed E-state index contributed by atoms with van der Waals surface area (Å²) in [5, 5.41) is 2.77. The Labute approximate surface area is 174 Å². The first-order chi connectivity index (χ1) is 14.5. The Bertz CT molecular complexity index is 871. The van der Waals surface area contributed by atoms with Gasteiger partial charge in [0.25, 0.3) is 0 Å². The molecule has 0 aliphatic rings. The van der Waals surface area contributed by atoms with Crippen LogP contribution in [0.15, 0.2) is 42.5 Å². The average molecular weight is 421 g/mol. The molecular weight excluding hydrogens is 396 g/mol. The monoisotopic (exact) mass is 421 g/mol. The molecule has 162 valence electrons. The van der Waals surface area contributed by atoms with E-state index in [0.717, 1.165) is 12.0 Å². The highest BCUT2D eigenvalue weighted by molar-refractivity contribution is 5.91. The van der Waals surface area contributed by atoms with Gasteiger partial charge in [-0.1, -0.05) is 19.1 Å². The molecule has 6 nitrogen and oxygen atoms in total. The molecule has 0 aromatic heterocycles. The summed E-state index contributed by atoms with van der Waals surface area (Å²) in [5.41, 5.74) is 1.45. The van der Waals surface area contributed by atoms with Gasteiger partial charge in [-0.2, -0.15) is 8.78 Å². The summed E-state index contributed by atoms with van der Waals surface area (Å²) < 4.78 is 45.1. The lowest BCUT2D eigenvalue weighted by Gasteiger charge is -2.12. The van der Waals surface area contributed by atoms with E-state index in [-0.39, 0.29) is 17.4 Å². The maximum Gasteiger partial charge on any atom is 0.387 e. The van der Waals surface area contributed by atoms with E-state index in [4.69, 9.17) is 14.2 Å². The number of alkyl halides is 2. The van der Waals surface area contributed by atoms with Gasteiger partial charge in [0.15, 0.2) is 23.0 Å². The molecule has 8 heteroatoms. The average Bonchev–Trinajstić information content (AvgIpc) is 2.75. The highest BCUT2D eigenvalue weighted by Crippen LogP contribution is 2.30. The minimum atomic E-state index is -2.95. The van der Waals surface area contributed by atoms with Gasteiger partial charge < -0.3 is 24.3 Å². The van der Waals surface area contributed by atoms with E-state index in [0.29, 0.717) is 30.2 Å². The lowest BCUT2D eigenvalue weighted by molar-refractivity contribution is -0.116. The molecule has 0 heterocycles. The fourth-order valence-corrected chi connectivity index (χ4v) is 2.55. The molecule has 2 aromatic rings. The summed E-state index contributed by atoms with van der Waals surface area (Å²) in [6.07, 6.45) is 3.78. The summed E-state index contributed by atoms with van der Waals surface area (Å²) in [4.78, 5) is 12.1. The van der Waals surface area contributed by atoms with Gasteiger partial charge in [-0.05, 0) is 47.9 Å². The molecule has 0 unspecified atom stereocenters. The van der Waals surface area contributed by atoms with Crippen molar-refractivity contribution < 1.29 is 32.5 Å². The van der Waals surface area contributed by atoms with Gasteiger partial charge in [-0.15, -0.1) is 0 Å². The van der Waals surface area contributed by atoms with Crippen molar-refractivity contribution in [3.63, 3.8) is 0 Å². The minimum Gasteiger partial charge on any atom is -0.493 e. The maximum absolute atomic E-state index is 12.4. The second kappa shape index (κ2) is 11.6. The van der Waals surface area contributed by atoms with Gasteiger partial charge in [0.2, 0.25) is 5.91 Å². The van der Waals surface area contributed by atoms with E-state index in [1.807, 2.05) is 19.1 Å². The van der Waals surface area contributed by atoms with Gasteiger partial charge in [0, 0.05) is 12.6 Å². The Morgan fingerprint density at radius 1 is 1.03 bits per heavy atom. The molecule has 0 aliphatic heterocycles. The molecule has 1 N–H and O–H groups in total. The molecule has 0 aliphatic carbocycles. The number of benzene rings is 2. The third-order valence-corrected chi connectivity index (χ3v) is 3.99. The van der Waals surface area contributed by atoms with Crippen LogP contribution < -0.4 is 24.3 Å². The molecule has 2 rings (SSSR count). The van der Waals surface area contributed by atoms with Gasteiger partial charge in [-0.25, -0.2) is 0 Å². The number of amides is 1. The number of methoxy groups -OCH3 is 2. The Morgan fingerprint density at radius 2 is 1.73 bits per heavy atom. The second-order valence-corrected chi connectivity index (χ2v) is 6.17. The maximum atomic E-state index is 12.4. The van der Waals surface area contributed by atoms with Crippen molar-refractivity contribution in [2.24, 2.45) is 0 Å². The molecule has 30 heavy (non-hydrogen) atoms. The first-order valence-electron chi connectivity index (χ1n) is 9.35. The predicted octanol–water partition coefficient (Wildman–Crippen LogP) is 4.42. The summed E-state index contributed by atoms with van der Waals surface area (Å²) >= 11 is 0. The Balaban J connectivity index is 1.96. The van der Waals surface area contributed by atoms with E-state index in [2.05, 4.69) is 10.1 Å². The van der Waals surface area contributed by atoms with E-state index in [9.17, 15) is 13.6 Å². The summed E-state index contributed by atoms with van der Waals surface area (Å²) in [7, 11) is 2.91. The predicted molar refractivity (Wildman–Crippen MR) is 109 cm³/mol. The van der Waals surface area contributed by atoms with E-state index >= 15 is 0 Å². The number of halogens is 2. The Morgan fingerprint density at radius 3 is 2.40 bits per heavy atom. The van der Waals surface area contributed by atoms with Crippen LogP contribution in [0.4, 0.5) is 8.78 Å². The first kappa shape index (κ1) is 23.0. The van der Waals surface area contributed by atoms with Gasteiger partial charge in [0.1, 0.15) is 0 Å². The highest BCUT2D eigenvalue weighted by atomic mass is 19.3. The first-order valence-corrected chi connectivity index (χ1v) is 9.35. The van der Waals surface area contributed by atoms with Crippen molar-refractivity contribution in [2.45, 2.75) is 26.5 Å². The van der Waals surface area contributed by atoms with Crippen LogP contribution in [0.2, 0.25) is 0 Å². The number of nitrogens with one attached hydrogen (secondary N) is 1. The lowest BCUT2D eigenvalue weighted by Crippen LogP contribution is -2.20. The van der Waals surface area contributed by atoms with Crippen molar-refractivity contribution in [1.82, 2.24) is 5.32 Å². The molecule has 1 amide bonds. The van der Waals surface area contributed by atoms with E-state index < -0.39 is 6.61 Å². The van der Waals surface area contributed by atoms with Crippen LogP contribution in [-0.2, 0) is 11.3 Å². The number of carbonyl (C=O) groups excluding carboxylic acids is 1. The molecule has 0 atom stereocenters. The summed E-state index contributed by atoms with van der Waals surface area (Å²) in [6, 6.07) is 9.87. The number of ether oxygens (including phenoxy) is 4. The van der Waals surface area contributed by atoms with E-state index in [1.165, 1.54) is 25.3 Å². The van der Waals surface area contributed by atoms with Crippen LogP contribution in [0.25, 0.3) is 6.08 Å². The van der Waals surface area contributed by atoms with Crippen molar-refractivity contribution in [1.29, 1.82) is 0 Å². The van der Waals surface area contributed by atoms with Crippen molar-refractivity contribution in [2.75, 3.05) is 20.8 Å². The van der Waals surface area contributed by atoms with Crippen LogP contribution in [0, 0.1) is 0 Å².